The van der Waals surface area contributed by atoms with Gasteiger partial charge in [0.15, 0.2) is 0 Å². The van der Waals surface area contributed by atoms with Gasteiger partial charge < -0.3 is 20.9 Å². The molecule has 0 spiro atoms. The minimum atomic E-state index is -1.10. The van der Waals surface area contributed by atoms with E-state index in [9.17, 15) is 14.7 Å². The molecule has 0 aliphatic heterocycles. The molecule has 20 heavy (non-hydrogen) atoms. The molecular formula is C14H26N2O4. The summed E-state index contributed by atoms with van der Waals surface area (Å²) in [7, 11) is 0. The van der Waals surface area contributed by atoms with Crippen LogP contribution in [0.25, 0.3) is 0 Å². The maximum absolute atomic E-state index is 11.7. The number of ether oxygens (including phenoxy) is 1. The molecule has 6 heteroatoms. The molecule has 6 nitrogen and oxygen atoms in total. The summed E-state index contributed by atoms with van der Waals surface area (Å²) < 4.78 is 5.09. The first-order valence-corrected chi connectivity index (χ1v) is 7.17. The Bertz CT molecular complexity index is 346. The van der Waals surface area contributed by atoms with Crippen molar-refractivity contribution in [1.82, 2.24) is 5.32 Å². The van der Waals surface area contributed by atoms with Gasteiger partial charge in [0.05, 0.1) is 6.10 Å². The second-order valence-electron chi connectivity index (χ2n) is 6.41. The van der Waals surface area contributed by atoms with Gasteiger partial charge in [-0.15, -0.1) is 0 Å². The van der Waals surface area contributed by atoms with Crippen LogP contribution < -0.4 is 11.1 Å². The van der Waals surface area contributed by atoms with Crippen molar-refractivity contribution in [3.8, 4) is 0 Å². The van der Waals surface area contributed by atoms with Crippen LogP contribution in [0.1, 0.15) is 52.9 Å². The van der Waals surface area contributed by atoms with Gasteiger partial charge in [-0.1, -0.05) is 19.3 Å². The Morgan fingerprint density at radius 3 is 2.25 bits per heavy atom. The first-order valence-electron chi connectivity index (χ1n) is 7.17. The van der Waals surface area contributed by atoms with Crippen LogP contribution in [0.4, 0.5) is 4.79 Å². The van der Waals surface area contributed by atoms with Crippen LogP contribution >= 0.6 is 0 Å². The summed E-state index contributed by atoms with van der Waals surface area (Å²) in [6, 6.07) is -1.10. The second-order valence-corrected chi connectivity index (χ2v) is 6.41. The number of amides is 2. The largest absolute Gasteiger partial charge is 0.444 e. The van der Waals surface area contributed by atoms with Crippen LogP contribution in [-0.4, -0.2) is 34.9 Å². The molecule has 116 valence electrons. The molecule has 1 fully saturated rings. The fourth-order valence-electron chi connectivity index (χ4n) is 2.51. The number of hydrogen-bond acceptors (Lipinski definition) is 4. The number of nitrogens with one attached hydrogen (secondary N) is 1. The molecule has 0 aromatic rings. The number of nitrogens with two attached hydrogens (primary N) is 1. The molecule has 2 amide bonds. The lowest BCUT2D eigenvalue weighted by Crippen LogP contribution is -2.55. The summed E-state index contributed by atoms with van der Waals surface area (Å²) >= 11 is 0. The van der Waals surface area contributed by atoms with Crippen molar-refractivity contribution in [3.63, 3.8) is 0 Å². The summed E-state index contributed by atoms with van der Waals surface area (Å²) in [4.78, 5) is 23.2. The smallest absolute Gasteiger partial charge is 0.408 e. The van der Waals surface area contributed by atoms with E-state index in [-0.39, 0.29) is 5.92 Å². The molecule has 1 aliphatic carbocycles. The third-order valence-corrected chi connectivity index (χ3v) is 3.45. The van der Waals surface area contributed by atoms with Crippen molar-refractivity contribution in [1.29, 1.82) is 0 Å². The molecule has 2 unspecified atom stereocenters. The van der Waals surface area contributed by atoms with Crippen LogP contribution in [0, 0.1) is 5.92 Å². The molecule has 0 aromatic carbocycles. The molecule has 1 aliphatic rings. The molecule has 0 heterocycles. The summed E-state index contributed by atoms with van der Waals surface area (Å²) in [5.74, 6) is -0.745. The Morgan fingerprint density at radius 2 is 1.80 bits per heavy atom. The van der Waals surface area contributed by atoms with Crippen molar-refractivity contribution < 1.29 is 19.4 Å². The van der Waals surface area contributed by atoms with Crippen LogP contribution in [0.3, 0.4) is 0 Å². The predicted octanol–water partition coefficient (Wildman–Crippen LogP) is 1.31. The summed E-state index contributed by atoms with van der Waals surface area (Å²) in [5, 5.41) is 12.7. The van der Waals surface area contributed by atoms with Gasteiger partial charge in [0.2, 0.25) is 5.91 Å². The molecule has 0 aromatic heterocycles. The minimum absolute atomic E-state index is 0.00353. The average Bonchev–Trinajstić information content (AvgIpc) is 2.34. The molecule has 2 atom stereocenters. The fraction of sp³-hybridized carbons (Fsp3) is 0.857. The van der Waals surface area contributed by atoms with Gasteiger partial charge in [0.1, 0.15) is 11.6 Å². The van der Waals surface area contributed by atoms with Crippen molar-refractivity contribution >= 4 is 12.0 Å². The first kappa shape index (κ1) is 16.8. The van der Waals surface area contributed by atoms with Crippen molar-refractivity contribution in [2.24, 2.45) is 11.7 Å². The summed E-state index contributed by atoms with van der Waals surface area (Å²) in [6.07, 6.45) is 3.20. The quantitative estimate of drug-likeness (QED) is 0.725. The Balaban J connectivity index is 2.63. The number of alkyl carbamates (subject to hydrolysis) is 1. The molecular weight excluding hydrogens is 260 g/mol. The Labute approximate surface area is 120 Å². The SMILES string of the molecule is CC(C)(C)OC(=O)NC(C(N)=O)C(O)C1CCCCC1. The van der Waals surface area contributed by atoms with Crippen LogP contribution in [0.5, 0.6) is 0 Å². The maximum Gasteiger partial charge on any atom is 0.408 e. The van der Waals surface area contributed by atoms with E-state index in [1.54, 1.807) is 20.8 Å². The van der Waals surface area contributed by atoms with Crippen LogP contribution in [-0.2, 0) is 9.53 Å². The van der Waals surface area contributed by atoms with Gasteiger partial charge in [-0.05, 0) is 39.5 Å². The summed E-state index contributed by atoms with van der Waals surface area (Å²) in [6.45, 7) is 5.18. The number of rotatable bonds is 4. The zero-order chi connectivity index (χ0) is 15.3. The van der Waals surface area contributed by atoms with Gasteiger partial charge >= 0.3 is 6.09 Å². The third kappa shape index (κ3) is 5.36. The fourth-order valence-corrected chi connectivity index (χ4v) is 2.51. The highest BCUT2D eigenvalue weighted by Gasteiger charge is 2.34. The highest BCUT2D eigenvalue weighted by Crippen LogP contribution is 2.27. The van der Waals surface area contributed by atoms with Gasteiger partial charge in [0, 0.05) is 0 Å². The van der Waals surface area contributed by atoms with E-state index < -0.39 is 29.7 Å². The lowest BCUT2D eigenvalue weighted by atomic mass is 9.82. The topological polar surface area (TPSA) is 102 Å². The summed E-state index contributed by atoms with van der Waals surface area (Å²) in [5.41, 5.74) is 4.62. The molecule has 1 rings (SSSR count). The zero-order valence-corrected chi connectivity index (χ0v) is 12.5. The molecule has 0 saturated heterocycles. The van der Waals surface area contributed by atoms with Gasteiger partial charge in [-0.3, -0.25) is 4.79 Å². The van der Waals surface area contributed by atoms with E-state index >= 15 is 0 Å². The Morgan fingerprint density at radius 1 is 1.25 bits per heavy atom. The number of aliphatic hydroxyl groups is 1. The molecule has 0 radical (unpaired) electrons. The van der Waals surface area contributed by atoms with Crippen LogP contribution in [0.2, 0.25) is 0 Å². The third-order valence-electron chi connectivity index (χ3n) is 3.45. The lowest BCUT2D eigenvalue weighted by Gasteiger charge is -2.31. The number of aliphatic hydroxyl groups excluding tert-OH is 1. The number of hydrogen-bond donors (Lipinski definition) is 3. The van der Waals surface area contributed by atoms with E-state index in [0.29, 0.717) is 0 Å². The van der Waals surface area contributed by atoms with E-state index in [2.05, 4.69) is 5.32 Å². The van der Waals surface area contributed by atoms with Crippen molar-refractivity contribution in [2.45, 2.75) is 70.6 Å². The first-order chi connectivity index (χ1) is 9.20. The number of primary amides is 1. The Hall–Kier alpha value is -1.30. The predicted molar refractivity (Wildman–Crippen MR) is 74.9 cm³/mol. The molecule has 1 saturated carbocycles. The minimum Gasteiger partial charge on any atom is -0.444 e. The monoisotopic (exact) mass is 286 g/mol. The Kier molecular flexibility index (Phi) is 5.80. The van der Waals surface area contributed by atoms with E-state index in [1.165, 1.54) is 0 Å². The van der Waals surface area contributed by atoms with Gasteiger partial charge in [-0.25, -0.2) is 4.79 Å². The van der Waals surface area contributed by atoms with E-state index in [4.69, 9.17) is 10.5 Å². The van der Waals surface area contributed by atoms with Gasteiger partial charge in [0.25, 0.3) is 0 Å². The highest BCUT2D eigenvalue weighted by molar-refractivity contribution is 5.85. The highest BCUT2D eigenvalue weighted by atomic mass is 16.6. The normalized spacial score (nSPS) is 20.0. The average molecular weight is 286 g/mol. The zero-order valence-electron chi connectivity index (χ0n) is 12.5. The maximum atomic E-state index is 11.7. The van der Waals surface area contributed by atoms with Gasteiger partial charge in [-0.2, -0.15) is 0 Å². The number of carbonyl (C=O) groups excluding carboxylic acids is 2. The second kappa shape index (κ2) is 6.92. The van der Waals surface area contributed by atoms with E-state index in [0.717, 1.165) is 32.1 Å². The standard InChI is InChI=1S/C14H26N2O4/c1-14(2,3)20-13(19)16-10(12(15)18)11(17)9-7-5-4-6-8-9/h9-11,17H,4-8H2,1-3H3,(H2,15,18)(H,16,19). The van der Waals surface area contributed by atoms with Crippen molar-refractivity contribution in [2.75, 3.05) is 0 Å². The molecule has 4 N–H and O–H groups in total. The lowest BCUT2D eigenvalue weighted by molar-refractivity contribution is -0.124. The van der Waals surface area contributed by atoms with Crippen LogP contribution in [0.15, 0.2) is 0 Å². The van der Waals surface area contributed by atoms with Crippen molar-refractivity contribution in [3.05, 3.63) is 0 Å². The number of carbonyl (C=O) groups is 2. The van der Waals surface area contributed by atoms with E-state index in [1.807, 2.05) is 0 Å². The molecule has 0 bridgehead atoms.